The van der Waals surface area contributed by atoms with Gasteiger partial charge in [-0.2, -0.15) is 13.2 Å². The molecule has 0 unspecified atom stereocenters. The number of nitrogens with one attached hydrogen (secondary N) is 2. The molecule has 0 fully saturated rings. The van der Waals surface area contributed by atoms with Gasteiger partial charge in [-0.25, -0.2) is 9.97 Å². The van der Waals surface area contributed by atoms with Crippen LogP contribution in [-0.4, -0.2) is 27.4 Å². The maximum Gasteiger partial charge on any atom is 0.416 e. The standard InChI is InChI=1S/C22H16ClF3N4O/c23-16-6-4-14(5-7-16)19-29-18-17(9-11-27-20(18)30-19)21(31)28-10-8-13-2-1-3-15(12-13)22(24,25)26/h1-7,9,11-12H,8,10H2,(H,28,31)(H,27,29,30). The molecule has 0 spiro atoms. The predicted octanol–water partition coefficient (Wildman–Crippen LogP) is 5.27. The maximum absolute atomic E-state index is 12.8. The Morgan fingerprint density at radius 1 is 1.10 bits per heavy atom. The smallest absolute Gasteiger partial charge is 0.352 e. The summed E-state index contributed by atoms with van der Waals surface area (Å²) in [6, 6.07) is 13.7. The number of halogens is 4. The van der Waals surface area contributed by atoms with Crippen LogP contribution >= 0.6 is 11.6 Å². The van der Waals surface area contributed by atoms with Crippen LogP contribution in [0, 0.1) is 0 Å². The Morgan fingerprint density at radius 2 is 1.87 bits per heavy atom. The highest BCUT2D eigenvalue weighted by molar-refractivity contribution is 6.30. The van der Waals surface area contributed by atoms with Gasteiger partial charge in [-0.15, -0.1) is 0 Å². The Labute approximate surface area is 180 Å². The molecule has 2 aromatic carbocycles. The summed E-state index contributed by atoms with van der Waals surface area (Å²) in [5.74, 6) is 0.175. The molecule has 0 saturated heterocycles. The van der Waals surface area contributed by atoms with Gasteiger partial charge in [0.2, 0.25) is 0 Å². The van der Waals surface area contributed by atoms with Crippen LogP contribution < -0.4 is 5.32 Å². The molecule has 0 aliphatic heterocycles. The number of H-pyrrole nitrogens is 1. The van der Waals surface area contributed by atoms with Crippen LogP contribution in [0.3, 0.4) is 0 Å². The van der Waals surface area contributed by atoms with Gasteiger partial charge in [0.25, 0.3) is 5.91 Å². The molecule has 0 aliphatic carbocycles. The number of aromatic nitrogens is 3. The zero-order chi connectivity index (χ0) is 22.0. The van der Waals surface area contributed by atoms with Gasteiger partial charge in [-0.05, 0) is 48.4 Å². The SMILES string of the molecule is O=C(NCCc1cccc(C(F)(F)F)c1)c1ccnc2nc(-c3ccc(Cl)cc3)[nH]c12. The molecule has 5 nitrogen and oxygen atoms in total. The number of hydrogen-bond donors (Lipinski definition) is 2. The molecule has 0 saturated carbocycles. The van der Waals surface area contributed by atoms with E-state index in [1.165, 1.54) is 12.3 Å². The van der Waals surface area contributed by atoms with E-state index in [-0.39, 0.29) is 18.9 Å². The summed E-state index contributed by atoms with van der Waals surface area (Å²) in [6.45, 7) is 0.183. The van der Waals surface area contributed by atoms with Gasteiger partial charge in [0.15, 0.2) is 5.65 Å². The van der Waals surface area contributed by atoms with E-state index in [1.54, 1.807) is 36.4 Å². The second-order valence-corrected chi connectivity index (χ2v) is 7.29. The zero-order valence-electron chi connectivity index (χ0n) is 16.0. The third-order valence-corrected chi connectivity index (χ3v) is 4.96. The van der Waals surface area contributed by atoms with Crippen LogP contribution in [0.5, 0.6) is 0 Å². The highest BCUT2D eigenvalue weighted by atomic mass is 35.5. The molecule has 158 valence electrons. The Hall–Kier alpha value is -3.39. The fourth-order valence-electron chi connectivity index (χ4n) is 3.16. The van der Waals surface area contributed by atoms with Crippen LogP contribution in [0.4, 0.5) is 13.2 Å². The van der Waals surface area contributed by atoms with Gasteiger partial charge >= 0.3 is 6.18 Å². The number of imidazole rings is 1. The van der Waals surface area contributed by atoms with E-state index >= 15 is 0 Å². The first-order valence-electron chi connectivity index (χ1n) is 9.36. The summed E-state index contributed by atoms with van der Waals surface area (Å²) >= 11 is 5.92. The van der Waals surface area contributed by atoms with Gasteiger partial charge in [0.05, 0.1) is 16.6 Å². The summed E-state index contributed by atoms with van der Waals surface area (Å²) in [6.07, 6.45) is -2.65. The molecule has 0 aliphatic rings. The van der Waals surface area contributed by atoms with Crippen LogP contribution in [0.1, 0.15) is 21.5 Å². The largest absolute Gasteiger partial charge is 0.416 e. The van der Waals surface area contributed by atoms with Crippen molar-refractivity contribution in [3.8, 4) is 11.4 Å². The minimum Gasteiger partial charge on any atom is -0.352 e. The van der Waals surface area contributed by atoms with Gasteiger partial charge in [-0.1, -0.05) is 29.8 Å². The minimum absolute atomic E-state index is 0.183. The average molecular weight is 445 g/mol. The van der Waals surface area contributed by atoms with Crippen molar-refractivity contribution in [2.45, 2.75) is 12.6 Å². The lowest BCUT2D eigenvalue weighted by molar-refractivity contribution is -0.137. The van der Waals surface area contributed by atoms with Gasteiger partial charge in [0, 0.05) is 23.3 Å². The number of pyridine rings is 1. The molecule has 2 N–H and O–H groups in total. The number of rotatable bonds is 5. The monoisotopic (exact) mass is 444 g/mol. The number of benzene rings is 2. The number of hydrogen-bond acceptors (Lipinski definition) is 3. The topological polar surface area (TPSA) is 70.7 Å². The van der Waals surface area contributed by atoms with Crippen LogP contribution in [0.25, 0.3) is 22.6 Å². The first-order chi connectivity index (χ1) is 14.8. The van der Waals surface area contributed by atoms with E-state index in [4.69, 9.17) is 11.6 Å². The van der Waals surface area contributed by atoms with Crippen molar-refractivity contribution in [2.24, 2.45) is 0 Å². The van der Waals surface area contributed by atoms with Crippen molar-refractivity contribution in [3.05, 3.63) is 82.5 Å². The molecular weight excluding hydrogens is 429 g/mol. The van der Waals surface area contributed by atoms with E-state index in [0.717, 1.165) is 17.7 Å². The summed E-state index contributed by atoms with van der Waals surface area (Å²) in [5.41, 5.74) is 1.78. The van der Waals surface area contributed by atoms with Crippen LogP contribution in [0.15, 0.2) is 60.8 Å². The molecular formula is C22H16ClF3N4O. The van der Waals surface area contributed by atoms with Crippen LogP contribution in [0.2, 0.25) is 5.02 Å². The van der Waals surface area contributed by atoms with Crippen molar-refractivity contribution in [1.82, 2.24) is 20.3 Å². The predicted molar refractivity (Wildman–Crippen MR) is 112 cm³/mol. The van der Waals surface area contributed by atoms with E-state index in [1.807, 2.05) is 0 Å². The van der Waals surface area contributed by atoms with Gasteiger partial charge in [-0.3, -0.25) is 4.79 Å². The normalized spacial score (nSPS) is 11.6. The fraction of sp³-hybridized carbons (Fsp3) is 0.136. The van der Waals surface area contributed by atoms with Crippen molar-refractivity contribution < 1.29 is 18.0 Å². The van der Waals surface area contributed by atoms with Crippen molar-refractivity contribution >= 4 is 28.7 Å². The molecule has 2 heterocycles. The van der Waals surface area contributed by atoms with E-state index < -0.39 is 11.7 Å². The molecule has 1 amide bonds. The number of aromatic amines is 1. The number of nitrogens with zero attached hydrogens (tertiary/aromatic N) is 2. The fourth-order valence-corrected chi connectivity index (χ4v) is 3.29. The average Bonchev–Trinajstić information content (AvgIpc) is 3.18. The molecule has 9 heteroatoms. The minimum atomic E-state index is -4.40. The number of alkyl halides is 3. The third-order valence-electron chi connectivity index (χ3n) is 4.71. The first kappa shape index (κ1) is 20.9. The highest BCUT2D eigenvalue weighted by Gasteiger charge is 2.30. The number of fused-ring (bicyclic) bond motifs is 1. The zero-order valence-corrected chi connectivity index (χ0v) is 16.8. The summed E-state index contributed by atoms with van der Waals surface area (Å²) < 4.78 is 38.5. The van der Waals surface area contributed by atoms with Crippen molar-refractivity contribution in [2.75, 3.05) is 6.54 Å². The highest BCUT2D eigenvalue weighted by Crippen LogP contribution is 2.29. The molecule has 0 atom stereocenters. The third kappa shape index (κ3) is 4.69. The molecule has 0 bridgehead atoms. The molecule has 0 radical (unpaired) electrons. The van der Waals surface area contributed by atoms with Crippen LogP contribution in [-0.2, 0) is 12.6 Å². The summed E-state index contributed by atoms with van der Waals surface area (Å²) in [4.78, 5) is 24.4. The molecule has 31 heavy (non-hydrogen) atoms. The Bertz CT molecular complexity index is 1240. The number of carbonyl (C=O) groups excluding carboxylic acids is 1. The van der Waals surface area contributed by atoms with Crippen molar-refractivity contribution in [1.29, 1.82) is 0 Å². The summed E-state index contributed by atoms with van der Waals surface area (Å²) in [5, 5.41) is 3.34. The quantitative estimate of drug-likeness (QED) is 0.440. The van der Waals surface area contributed by atoms with E-state index in [2.05, 4.69) is 20.3 Å². The lowest BCUT2D eigenvalue weighted by Gasteiger charge is -2.09. The van der Waals surface area contributed by atoms with Gasteiger partial charge in [0.1, 0.15) is 5.82 Å². The van der Waals surface area contributed by atoms with E-state index in [9.17, 15) is 18.0 Å². The molecule has 4 aromatic rings. The first-order valence-corrected chi connectivity index (χ1v) is 9.74. The Kier molecular flexibility index (Phi) is 5.65. The van der Waals surface area contributed by atoms with Gasteiger partial charge < -0.3 is 10.3 Å². The maximum atomic E-state index is 12.8. The Balaban J connectivity index is 1.49. The lowest BCUT2D eigenvalue weighted by atomic mass is 10.1. The van der Waals surface area contributed by atoms with Crippen molar-refractivity contribution in [3.63, 3.8) is 0 Å². The second kappa shape index (κ2) is 8.39. The summed E-state index contributed by atoms with van der Waals surface area (Å²) in [7, 11) is 0. The number of carbonyl (C=O) groups is 1. The Morgan fingerprint density at radius 3 is 2.61 bits per heavy atom. The molecule has 2 aromatic heterocycles. The second-order valence-electron chi connectivity index (χ2n) is 6.85. The molecule has 4 rings (SSSR count). The number of amides is 1. The van der Waals surface area contributed by atoms with E-state index in [0.29, 0.717) is 33.1 Å². The lowest BCUT2D eigenvalue weighted by Crippen LogP contribution is -2.26.